The Hall–Kier alpha value is -3.06. The molecule has 0 amide bonds. The van der Waals surface area contributed by atoms with Crippen molar-refractivity contribution in [2.24, 2.45) is 5.92 Å². The highest BCUT2D eigenvalue weighted by Crippen LogP contribution is 2.60. The molecule has 1 aromatic heterocycles. The first-order valence-corrected chi connectivity index (χ1v) is 27.5. The van der Waals surface area contributed by atoms with Gasteiger partial charge in [-0.15, -0.1) is 0 Å². The fraction of sp³-hybridized carbons (Fsp3) is 0.745. The fourth-order valence-electron chi connectivity index (χ4n) is 7.18. The van der Waals surface area contributed by atoms with E-state index >= 15 is 0 Å². The van der Waals surface area contributed by atoms with E-state index in [2.05, 4.69) is 42.2 Å². The molecule has 1 saturated heterocycles. The first kappa shape index (κ1) is 61.1. The van der Waals surface area contributed by atoms with Crippen LogP contribution in [0, 0.1) is 5.92 Å². The highest BCUT2D eigenvalue weighted by Gasteiger charge is 2.46. The third-order valence-corrected chi connectivity index (χ3v) is 14.0. The zero-order valence-electron chi connectivity index (χ0n) is 40.4. The number of aliphatic hydroxyl groups is 3. The lowest BCUT2D eigenvalue weighted by Crippen LogP contribution is -2.36. The molecule has 21 heteroatoms. The molecule has 0 aromatic carbocycles. The summed E-state index contributed by atoms with van der Waals surface area (Å²) in [7, 11) is -10.9. The summed E-state index contributed by atoms with van der Waals surface area (Å²) in [5.74, 6) is -0.585. The smallest absolute Gasteiger partial charge is 0.462 e. The lowest BCUT2D eigenvalue weighted by atomic mass is 9.99. The number of esters is 2. The van der Waals surface area contributed by atoms with Crippen LogP contribution in [0.1, 0.15) is 168 Å². The number of anilines is 1. The van der Waals surface area contributed by atoms with Gasteiger partial charge >= 0.3 is 33.3 Å². The van der Waals surface area contributed by atoms with E-state index in [0.717, 1.165) is 80.9 Å². The maximum Gasteiger partial charge on any atom is 0.481 e. The largest absolute Gasteiger partial charge is 0.481 e. The molecule has 4 unspecified atom stereocenters. The molecule has 1 fully saturated rings. The van der Waals surface area contributed by atoms with Crippen molar-refractivity contribution >= 4 is 33.4 Å². The van der Waals surface area contributed by atoms with Gasteiger partial charge in [0.1, 0.15) is 30.7 Å². The summed E-state index contributed by atoms with van der Waals surface area (Å²) >= 11 is 0. The first-order chi connectivity index (χ1) is 32.5. The van der Waals surface area contributed by atoms with E-state index in [1.807, 2.05) is 18.2 Å². The van der Waals surface area contributed by atoms with Crippen LogP contribution in [0.4, 0.5) is 5.82 Å². The molecule has 19 nitrogen and oxygen atoms in total. The van der Waals surface area contributed by atoms with Crippen molar-refractivity contribution < 1.29 is 71.4 Å². The summed E-state index contributed by atoms with van der Waals surface area (Å²) in [4.78, 5) is 61.8. The normalized spacial score (nSPS) is 20.7. The molecule has 0 spiro atoms. The molecule has 68 heavy (non-hydrogen) atoms. The number of aromatic nitrogens is 2. The lowest BCUT2D eigenvalue weighted by molar-refractivity contribution is -0.161. The molecule has 7 N–H and O–H groups in total. The van der Waals surface area contributed by atoms with Crippen LogP contribution in [0.2, 0.25) is 0 Å². The molecule has 390 valence electrons. The number of phosphoric acid groups is 2. The maximum absolute atomic E-state index is 12.8. The molecular weight excluding hydrogens is 924 g/mol. The number of hydrogen-bond donors (Lipinski definition) is 6. The van der Waals surface area contributed by atoms with Crippen LogP contribution < -0.4 is 11.4 Å². The molecule has 2 heterocycles. The van der Waals surface area contributed by atoms with Gasteiger partial charge in [0.15, 0.2) is 12.3 Å². The third-order valence-electron chi connectivity index (χ3n) is 11.4. The van der Waals surface area contributed by atoms with Gasteiger partial charge in [-0.1, -0.05) is 154 Å². The van der Waals surface area contributed by atoms with Gasteiger partial charge in [0.05, 0.1) is 19.3 Å². The van der Waals surface area contributed by atoms with Crippen LogP contribution in [0.15, 0.2) is 53.5 Å². The zero-order chi connectivity index (χ0) is 50.2. The topological polar surface area (TPSA) is 286 Å². The molecule has 0 saturated carbocycles. The number of aliphatic hydroxyl groups excluding tert-OH is 3. The van der Waals surface area contributed by atoms with Crippen LogP contribution in [0.5, 0.6) is 0 Å². The number of carbonyl (C=O) groups is 2. The Kier molecular flexibility index (Phi) is 31.5. The maximum atomic E-state index is 12.8. The Bertz CT molecular complexity index is 1810. The van der Waals surface area contributed by atoms with Crippen LogP contribution in [0.3, 0.4) is 0 Å². The second kappa shape index (κ2) is 35.1. The number of carbonyl (C=O) groups excluding carboxylic acids is 2. The monoisotopic (exact) mass is 1010 g/mol. The van der Waals surface area contributed by atoms with Crippen molar-refractivity contribution in [2.45, 2.75) is 199 Å². The molecule has 9 atom stereocenters. The Morgan fingerprint density at radius 1 is 0.809 bits per heavy atom. The quantitative estimate of drug-likeness (QED) is 0.0119. The first-order valence-electron chi connectivity index (χ1n) is 24.5. The second-order valence-electron chi connectivity index (χ2n) is 17.4. The minimum absolute atomic E-state index is 0.0308. The van der Waals surface area contributed by atoms with E-state index in [-0.39, 0.29) is 18.7 Å². The number of nitrogen functional groups attached to an aromatic ring is 1. The molecule has 0 radical (unpaired) electrons. The molecule has 1 aliphatic heterocycles. The summed E-state index contributed by atoms with van der Waals surface area (Å²) in [5, 5.41) is 31.1. The van der Waals surface area contributed by atoms with Crippen molar-refractivity contribution in [3.63, 3.8) is 0 Å². The Morgan fingerprint density at radius 3 is 2.01 bits per heavy atom. The van der Waals surface area contributed by atoms with E-state index in [1.54, 1.807) is 6.08 Å². The Balaban J connectivity index is 1.84. The van der Waals surface area contributed by atoms with Crippen LogP contribution >= 0.6 is 15.6 Å². The molecular formula is C47H81N3O16P2. The highest BCUT2D eigenvalue weighted by atomic mass is 31.3. The number of unbranched alkanes of at least 4 members (excludes halogenated alkanes) is 13. The van der Waals surface area contributed by atoms with Crippen molar-refractivity contribution in [1.29, 1.82) is 0 Å². The molecule has 1 aliphatic rings. The Morgan fingerprint density at radius 2 is 1.40 bits per heavy atom. The van der Waals surface area contributed by atoms with Crippen LogP contribution in [-0.4, -0.2) is 96.9 Å². The predicted molar refractivity (Wildman–Crippen MR) is 258 cm³/mol. The van der Waals surface area contributed by atoms with Crippen molar-refractivity contribution in [1.82, 2.24) is 9.55 Å². The average Bonchev–Trinajstić information content (AvgIpc) is 3.57. The zero-order valence-corrected chi connectivity index (χ0v) is 42.2. The van der Waals surface area contributed by atoms with Crippen LogP contribution in [-0.2, 0) is 46.3 Å². The van der Waals surface area contributed by atoms with E-state index in [9.17, 15) is 48.6 Å². The lowest BCUT2D eigenvalue weighted by Gasteiger charge is -2.21. The third kappa shape index (κ3) is 28.0. The van der Waals surface area contributed by atoms with Gasteiger partial charge < -0.3 is 45.1 Å². The molecule has 0 bridgehead atoms. The van der Waals surface area contributed by atoms with Gasteiger partial charge in [-0.05, 0) is 44.1 Å². The summed E-state index contributed by atoms with van der Waals surface area (Å²) < 4.78 is 56.7. The average molecular weight is 1010 g/mol. The van der Waals surface area contributed by atoms with Gasteiger partial charge in [-0.3, -0.25) is 23.2 Å². The summed E-state index contributed by atoms with van der Waals surface area (Å²) in [6.07, 6.45) is 24.0. The number of allylic oxidation sites excluding steroid dienone is 5. The van der Waals surface area contributed by atoms with E-state index < -0.39 is 89.8 Å². The fourth-order valence-corrected chi connectivity index (χ4v) is 9.29. The predicted octanol–water partition coefficient (Wildman–Crippen LogP) is 8.44. The second-order valence-corrected chi connectivity index (χ2v) is 20.4. The van der Waals surface area contributed by atoms with E-state index in [0.29, 0.717) is 19.3 Å². The van der Waals surface area contributed by atoms with Crippen molar-refractivity contribution in [3.05, 3.63) is 59.2 Å². The summed E-state index contributed by atoms with van der Waals surface area (Å²) in [5.41, 5.74) is 4.58. The number of hydrogen-bond acceptors (Lipinski definition) is 16. The number of ether oxygens (including phenoxy) is 3. The summed E-state index contributed by atoms with van der Waals surface area (Å²) in [6.45, 7) is 4.23. The molecule has 2 rings (SSSR count). The van der Waals surface area contributed by atoms with E-state index in [1.165, 1.54) is 51.0 Å². The number of phosphoric ester groups is 2. The van der Waals surface area contributed by atoms with Gasteiger partial charge in [0.25, 0.3) is 0 Å². The minimum atomic E-state index is -5.44. The number of nitrogens with two attached hydrogens (primary N) is 1. The standard InChI is InChI=1S/C47H81N3O16P2/c1-4-6-7-8-13-18-23-28-38(51)29-24-19-16-21-25-30-42(52)61-34-39(64-43(53)31-26-20-15-12-10-9-11-14-17-22-27-37(3)5-2)35-62-67(57,58)66-68(59,60)63-36-40-44(54)45(55)46(65-40)50-33-32-41(48)49-47(50)56/h6-7,13,18,23,28,32-33,37-40,44-46,51,54-55H,4-5,8-12,14-17,19-22,24-27,29-31,34-36H2,1-3H3,(H,57,58)(H,59,60)(H2,48,49,56)/b7-6+,18-13+,28-23+/t37?,38?,39-,40-,44-,45-,46-/m1/s1. The van der Waals surface area contributed by atoms with E-state index in [4.69, 9.17) is 29.0 Å². The number of nitrogens with zero attached hydrogens (tertiary/aromatic N) is 2. The van der Waals surface area contributed by atoms with Crippen LogP contribution in [0.25, 0.3) is 0 Å². The SMILES string of the molecule is CC/C=C/C/C=C/C=C/C(O)CCCCCCCC(=O)OC[C@H](COP(=O)(O)OP(=O)(O)OC[C@H]1O[C@@H](n2ccc(N)nc2=O)[C@H](O)[C@@H]1O)OC(=O)CCCCCCCCCCCCC(C)CC. The van der Waals surface area contributed by atoms with Gasteiger partial charge in [-0.25, -0.2) is 13.9 Å². The summed E-state index contributed by atoms with van der Waals surface area (Å²) in [6, 6.07) is 1.24. The molecule has 0 aliphatic carbocycles. The van der Waals surface area contributed by atoms with Gasteiger partial charge in [0.2, 0.25) is 0 Å². The highest BCUT2D eigenvalue weighted by molar-refractivity contribution is 7.61. The molecule has 1 aromatic rings. The van der Waals surface area contributed by atoms with Gasteiger partial charge in [-0.2, -0.15) is 9.29 Å². The van der Waals surface area contributed by atoms with Gasteiger partial charge in [0, 0.05) is 19.0 Å². The minimum Gasteiger partial charge on any atom is -0.462 e. The van der Waals surface area contributed by atoms with Crippen molar-refractivity contribution in [3.8, 4) is 0 Å². The van der Waals surface area contributed by atoms with Crippen molar-refractivity contribution in [2.75, 3.05) is 25.6 Å². The number of rotatable bonds is 39. The Labute approximate surface area is 402 Å².